The number of carbonyl (C=O) groups is 2. The third-order valence-corrected chi connectivity index (χ3v) is 8.06. The largest absolute Gasteiger partial charge is 0.367 e. The first-order valence-corrected chi connectivity index (χ1v) is 11.4. The van der Waals surface area contributed by atoms with E-state index in [0.717, 1.165) is 37.0 Å². The van der Waals surface area contributed by atoms with Gasteiger partial charge in [-0.05, 0) is 62.3 Å². The summed E-state index contributed by atoms with van der Waals surface area (Å²) in [4.78, 5) is 40.7. The maximum absolute atomic E-state index is 13.6. The molecule has 4 aliphatic carbocycles. The normalized spacial score (nSPS) is 31.6. The van der Waals surface area contributed by atoms with Gasteiger partial charge in [0.15, 0.2) is 0 Å². The highest BCUT2D eigenvalue weighted by molar-refractivity contribution is 6.00. The van der Waals surface area contributed by atoms with Gasteiger partial charge in [-0.1, -0.05) is 0 Å². The summed E-state index contributed by atoms with van der Waals surface area (Å²) in [5.41, 5.74) is 0.764. The number of carbonyl (C=O) groups excluding carboxylic acids is 2. The Balaban J connectivity index is 1.30. The number of anilines is 1. The Hall–Kier alpha value is -2.64. The van der Waals surface area contributed by atoms with Gasteiger partial charge in [0.1, 0.15) is 0 Å². The highest BCUT2D eigenvalue weighted by atomic mass is 16.6. The Morgan fingerprint density at radius 3 is 2.13 bits per heavy atom. The molecule has 166 valence electrons. The van der Waals surface area contributed by atoms with E-state index in [2.05, 4.69) is 10.2 Å². The minimum absolute atomic E-state index is 0.0991. The second-order valence-electron chi connectivity index (χ2n) is 10.0. The first kappa shape index (κ1) is 20.3. The average Bonchev–Trinajstić information content (AvgIpc) is 2.77. The highest BCUT2D eigenvalue weighted by Crippen LogP contribution is 2.60. The van der Waals surface area contributed by atoms with Gasteiger partial charge in [0.25, 0.3) is 11.6 Å². The Bertz CT molecular complexity index is 887. The number of nitro benzene ring substituents is 1. The Kier molecular flexibility index (Phi) is 4.90. The molecular weight excluding hydrogens is 396 g/mol. The van der Waals surface area contributed by atoms with Crippen molar-refractivity contribution >= 4 is 23.2 Å². The molecule has 4 bridgehead atoms. The van der Waals surface area contributed by atoms with Crippen LogP contribution in [0.15, 0.2) is 18.2 Å². The van der Waals surface area contributed by atoms with Gasteiger partial charge in [-0.15, -0.1) is 0 Å². The van der Waals surface area contributed by atoms with Crippen LogP contribution in [-0.4, -0.2) is 54.9 Å². The number of non-ortho nitro benzene ring substituents is 1. The summed E-state index contributed by atoms with van der Waals surface area (Å²) in [7, 11) is 1.52. The lowest BCUT2D eigenvalue weighted by atomic mass is 9.49. The van der Waals surface area contributed by atoms with E-state index in [1.54, 1.807) is 6.07 Å². The molecule has 0 spiro atoms. The number of nitrogens with one attached hydrogen (secondary N) is 1. The first-order chi connectivity index (χ1) is 14.9. The molecule has 1 N–H and O–H groups in total. The third-order valence-electron chi connectivity index (χ3n) is 8.06. The molecule has 31 heavy (non-hydrogen) atoms. The van der Waals surface area contributed by atoms with Crippen LogP contribution in [0.2, 0.25) is 0 Å². The predicted molar refractivity (Wildman–Crippen MR) is 116 cm³/mol. The second kappa shape index (κ2) is 7.50. The summed E-state index contributed by atoms with van der Waals surface area (Å²) < 4.78 is 0. The molecule has 0 unspecified atom stereocenters. The fraction of sp³-hybridized carbons (Fsp3) is 0.652. The van der Waals surface area contributed by atoms with Crippen LogP contribution in [0, 0.1) is 33.3 Å². The van der Waals surface area contributed by atoms with Gasteiger partial charge < -0.3 is 15.1 Å². The molecule has 8 heteroatoms. The molecular formula is C23H30N4O4. The lowest BCUT2D eigenvalue weighted by molar-refractivity contribution is -0.384. The van der Waals surface area contributed by atoms with Crippen LogP contribution in [-0.2, 0) is 4.79 Å². The van der Waals surface area contributed by atoms with Crippen molar-refractivity contribution in [3.05, 3.63) is 33.9 Å². The molecule has 2 amide bonds. The lowest BCUT2D eigenvalue weighted by Gasteiger charge is -2.57. The topological polar surface area (TPSA) is 95.8 Å². The number of amides is 2. The van der Waals surface area contributed by atoms with E-state index in [4.69, 9.17) is 0 Å². The summed E-state index contributed by atoms with van der Waals surface area (Å²) in [6.45, 7) is 2.51. The van der Waals surface area contributed by atoms with Crippen LogP contribution in [0.1, 0.15) is 48.9 Å². The molecule has 0 aromatic heterocycles. The van der Waals surface area contributed by atoms with E-state index in [1.165, 1.54) is 38.4 Å². The van der Waals surface area contributed by atoms with Gasteiger partial charge in [-0.2, -0.15) is 0 Å². The quantitative estimate of drug-likeness (QED) is 0.590. The average molecular weight is 427 g/mol. The number of benzene rings is 1. The van der Waals surface area contributed by atoms with Gasteiger partial charge in [-0.3, -0.25) is 19.7 Å². The van der Waals surface area contributed by atoms with Crippen molar-refractivity contribution < 1.29 is 14.5 Å². The zero-order valence-electron chi connectivity index (χ0n) is 18.0. The molecule has 0 atom stereocenters. The summed E-state index contributed by atoms with van der Waals surface area (Å²) >= 11 is 0. The summed E-state index contributed by atoms with van der Waals surface area (Å²) in [6, 6.07) is 4.43. The number of hydrogen-bond donors (Lipinski definition) is 1. The van der Waals surface area contributed by atoms with Gasteiger partial charge in [-0.25, -0.2) is 0 Å². The van der Waals surface area contributed by atoms with Crippen molar-refractivity contribution in [1.82, 2.24) is 10.2 Å². The van der Waals surface area contributed by atoms with Gasteiger partial charge in [0.2, 0.25) is 5.91 Å². The van der Waals surface area contributed by atoms with Crippen LogP contribution in [0.4, 0.5) is 11.4 Å². The summed E-state index contributed by atoms with van der Waals surface area (Å²) in [5, 5.41) is 13.7. The number of nitro groups is 1. The van der Waals surface area contributed by atoms with E-state index in [0.29, 0.717) is 43.3 Å². The van der Waals surface area contributed by atoms with Crippen LogP contribution in [0.3, 0.4) is 0 Å². The second-order valence-corrected chi connectivity index (χ2v) is 10.0. The van der Waals surface area contributed by atoms with E-state index >= 15 is 0 Å². The minimum Gasteiger partial charge on any atom is -0.367 e. The fourth-order valence-corrected chi connectivity index (χ4v) is 7.09. The Morgan fingerprint density at radius 2 is 1.61 bits per heavy atom. The molecule has 1 heterocycles. The standard InChI is InChI=1S/C23H30N4O4/c1-24-21(28)19-11-18(27(30)31)2-3-20(19)25-4-6-26(7-5-25)22(29)23-12-15-8-16(13-23)10-17(9-15)14-23/h2-3,11,15-17H,4-10,12-14H2,1H3,(H,24,28). The SMILES string of the molecule is CNC(=O)c1cc([N+](=O)[O-])ccc1N1CCN(C(=O)C23CC4CC(CC(C4)C2)C3)CC1. The van der Waals surface area contributed by atoms with Crippen LogP contribution >= 0.6 is 0 Å². The molecule has 1 aliphatic heterocycles. The number of hydrogen-bond acceptors (Lipinski definition) is 5. The van der Waals surface area contributed by atoms with E-state index in [9.17, 15) is 19.7 Å². The molecule has 1 aromatic rings. The van der Waals surface area contributed by atoms with Crippen molar-refractivity contribution in [3.8, 4) is 0 Å². The maximum atomic E-state index is 13.6. The smallest absolute Gasteiger partial charge is 0.270 e. The zero-order chi connectivity index (χ0) is 21.8. The number of nitrogens with zero attached hydrogens (tertiary/aromatic N) is 3. The van der Waals surface area contributed by atoms with Crippen LogP contribution < -0.4 is 10.2 Å². The van der Waals surface area contributed by atoms with Crippen molar-refractivity contribution in [1.29, 1.82) is 0 Å². The molecule has 6 rings (SSSR count). The molecule has 1 aromatic carbocycles. The molecule has 4 saturated carbocycles. The van der Waals surface area contributed by atoms with E-state index < -0.39 is 4.92 Å². The Morgan fingerprint density at radius 1 is 1.03 bits per heavy atom. The van der Waals surface area contributed by atoms with Gasteiger partial charge in [0, 0.05) is 45.4 Å². The molecule has 5 fully saturated rings. The summed E-state index contributed by atoms with van der Waals surface area (Å²) in [5.74, 6) is 2.23. The van der Waals surface area contributed by atoms with Crippen molar-refractivity contribution in [2.45, 2.75) is 38.5 Å². The fourth-order valence-electron chi connectivity index (χ4n) is 7.09. The molecule has 5 aliphatic rings. The lowest BCUT2D eigenvalue weighted by Crippen LogP contribution is -2.58. The van der Waals surface area contributed by atoms with E-state index in [1.807, 2.05) is 4.90 Å². The number of piperazine rings is 1. The predicted octanol–water partition coefficient (Wildman–Crippen LogP) is 2.82. The zero-order valence-corrected chi connectivity index (χ0v) is 18.0. The van der Waals surface area contributed by atoms with Gasteiger partial charge >= 0.3 is 0 Å². The summed E-state index contributed by atoms with van der Waals surface area (Å²) in [6.07, 6.45) is 7.18. The monoisotopic (exact) mass is 426 g/mol. The molecule has 8 nitrogen and oxygen atoms in total. The van der Waals surface area contributed by atoms with E-state index in [-0.39, 0.29) is 17.0 Å². The molecule has 0 radical (unpaired) electrons. The van der Waals surface area contributed by atoms with Crippen molar-refractivity contribution in [2.75, 3.05) is 38.1 Å². The number of rotatable bonds is 4. The maximum Gasteiger partial charge on any atom is 0.270 e. The minimum atomic E-state index is -0.488. The van der Waals surface area contributed by atoms with Crippen LogP contribution in [0.25, 0.3) is 0 Å². The van der Waals surface area contributed by atoms with Gasteiger partial charge in [0.05, 0.1) is 21.6 Å². The molecule has 1 saturated heterocycles. The highest BCUT2D eigenvalue weighted by Gasteiger charge is 2.55. The van der Waals surface area contributed by atoms with Crippen molar-refractivity contribution in [3.63, 3.8) is 0 Å². The Labute approximate surface area is 182 Å². The van der Waals surface area contributed by atoms with Crippen LogP contribution in [0.5, 0.6) is 0 Å². The first-order valence-electron chi connectivity index (χ1n) is 11.4. The van der Waals surface area contributed by atoms with Crippen molar-refractivity contribution in [2.24, 2.45) is 23.2 Å². The third kappa shape index (κ3) is 3.46.